The molecule has 166 valence electrons. The lowest BCUT2D eigenvalue weighted by Crippen LogP contribution is -2.30. The van der Waals surface area contributed by atoms with E-state index in [0.29, 0.717) is 0 Å². The lowest BCUT2D eigenvalue weighted by Gasteiger charge is -2.41. The van der Waals surface area contributed by atoms with Gasteiger partial charge in [0.25, 0.3) is 0 Å². The Labute approximate surface area is 195 Å². The lowest BCUT2D eigenvalue weighted by molar-refractivity contribution is 0.133. The van der Waals surface area contributed by atoms with E-state index >= 15 is 0 Å². The van der Waals surface area contributed by atoms with Crippen LogP contribution in [0, 0.1) is 29.6 Å². The highest BCUT2D eigenvalue weighted by molar-refractivity contribution is 5.44. The highest BCUT2D eigenvalue weighted by Crippen LogP contribution is 2.47. The van der Waals surface area contributed by atoms with E-state index in [2.05, 4.69) is 98.5 Å². The number of benzene rings is 2. The van der Waals surface area contributed by atoms with Gasteiger partial charge in [-0.15, -0.1) is 0 Å². The molecule has 0 N–H and O–H groups in total. The number of hydrogen-bond acceptors (Lipinski definition) is 0. The first-order chi connectivity index (χ1) is 15.7. The molecule has 2 aromatic rings. The smallest absolute Gasteiger partial charge is 0.0249 e. The highest BCUT2D eigenvalue weighted by Gasteiger charge is 2.35. The molecule has 2 aromatic carbocycles. The summed E-state index contributed by atoms with van der Waals surface area (Å²) in [6.07, 6.45) is 19.6. The van der Waals surface area contributed by atoms with E-state index in [4.69, 9.17) is 0 Å². The average Bonchev–Trinajstić information content (AvgIpc) is 2.84. The molecule has 0 spiro atoms. The second kappa shape index (κ2) is 11.4. The summed E-state index contributed by atoms with van der Waals surface area (Å²) in [6.45, 7) is 4.24. The third-order valence-corrected chi connectivity index (χ3v) is 7.64. The quantitative estimate of drug-likeness (QED) is 0.335. The number of fused-ring (bicyclic) bond motifs is 1. The standard InChI is InChI=1S/C32H38/c1-3-5-6-8-25-9-11-26(12-10-25)13-14-27-15-18-29(19-16-27)31-22-21-30-23-28(7-4-2)17-20-32(30)24-31/h3-5,7,9-12,15-16,18-19,28,30-32H,6,8,17,20-24H2,1-2H3/b5-3+,7-4+. The van der Waals surface area contributed by atoms with Gasteiger partial charge in [-0.2, -0.15) is 0 Å². The Kier molecular flexibility index (Phi) is 8.06. The summed E-state index contributed by atoms with van der Waals surface area (Å²) in [5, 5.41) is 0. The first-order valence-electron chi connectivity index (χ1n) is 12.7. The predicted octanol–water partition coefficient (Wildman–Crippen LogP) is 8.47. The van der Waals surface area contributed by atoms with Gasteiger partial charge in [-0.05, 0) is 124 Å². The molecule has 0 bridgehead atoms. The number of hydrogen-bond donors (Lipinski definition) is 0. The van der Waals surface area contributed by atoms with Crippen molar-refractivity contribution in [3.63, 3.8) is 0 Å². The van der Waals surface area contributed by atoms with Gasteiger partial charge in [-0.25, -0.2) is 0 Å². The summed E-state index contributed by atoms with van der Waals surface area (Å²) in [7, 11) is 0. The van der Waals surface area contributed by atoms with Crippen molar-refractivity contribution in [1.29, 1.82) is 0 Å². The van der Waals surface area contributed by atoms with Crippen LogP contribution in [0.2, 0.25) is 0 Å². The third kappa shape index (κ3) is 6.04. The maximum atomic E-state index is 3.36. The van der Waals surface area contributed by atoms with Crippen LogP contribution in [-0.4, -0.2) is 0 Å². The molecule has 2 aliphatic rings. The Hall–Kier alpha value is -2.52. The molecule has 0 aromatic heterocycles. The maximum Gasteiger partial charge on any atom is 0.0249 e. The molecule has 0 radical (unpaired) electrons. The zero-order chi connectivity index (χ0) is 22.2. The van der Waals surface area contributed by atoms with Crippen LogP contribution in [0.4, 0.5) is 0 Å². The largest absolute Gasteiger partial charge is 0.0917 e. The molecule has 0 heterocycles. The van der Waals surface area contributed by atoms with Crippen molar-refractivity contribution >= 4 is 0 Å². The maximum absolute atomic E-state index is 3.36. The molecule has 0 nitrogen and oxygen atoms in total. The fourth-order valence-corrected chi connectivity index (χ4v) is 5.83. The Morgan fingerprint density at radius 2 is 1.41 bits per heavy atom. The Bertz CT molecular complexity index is 961. The summed E-state index contributed by atoms with van der Waals surface area (Å²) < 4.78 is 0. The topological polar surface area (TPSA) is 0 Å². The molecule has 0 saturated heterocycles. The average molecular weight is 423 g/mol. The van der Waals surface area contributed by atoms with E-state index in [1.165, 1.54) is 49.7 Å². The minimum absolute atomic E-state index is 0.742. The van der Waals surface area contributed by atoms with Crippen LogP contribution in [0.3, 0.4) is 0 Å². The summed E-state index contributed by atoms with van der Waals surface area (Å²) >= 11 is 0. The number of rotatable bonds is 5. The van der Waals surface area contributed by atoms with E-state index in [1.54, 1.807) is 0 Å². The Morgan fingerprint density at radius 1 is 0.750 bits per heavy atom. The second-order valence-corrected chi connectivity index (χ2v) is 9.81. The van der Waals surface area contributed by atoms with Gasteiger partial charge in [0, 0.05) is 11.1 Å². The normalized spacial score (nSPS) is 25.4. The second-order valence-electron chi connectivity index (χ2n) is 9.81. The molecular weight excluding hydrogens is 384 g/mol. The van der Waals surface area contributed by atoms with Crippen LogP contribution in [0.1, 0.15) is 87.0 Å². The summed E-state index contributed by atoms with van der Waals surface area (Å²) in [6, 6.07) is 17.8. The summed E-state index contributed by atoms with van der Waals surface area (Å²) in [5.74, 6) is 10.2. The van der Waals surface area contributed by atoms with Gasteiger partial charge in [-0.1, -0.05) is 60.4 Å². The van der Waals surface area contributed by atoms with Crippen LogP contribution in [-0.2, 0) is 6.42 Å². The molecule has 4 atom stereocenters. The highest BCUT2D eigenvalue weighted by atomic mass is 14.4. The molecule has 0 heteroatoms. The predicted molar refractivity (Wildman–Crippen MR) is 138 cm³/mol. The van der Waals surface area contributed by atoms with Crippen molar-refractivity contribution in [2.45, 2.75) is 71.1 Å². The van der Waals surface area contributed by atoms with Gasteiger partial charge in [0.2, 0.25) is 0 Å². The number of allylic oxidation sites excluding steroid dienone is 4. The first kappa shape index (κ1) is 22.7. The van der Waals surface area contributed by atoms with Crippen molar-refractivity contribution in [2.75, 3.05) is 0 Å². The fraction of sp³-hybridized carbons (Fsp3) is 0.438. The van der Waals surface area contributed by atoms with Crippen molar-refractivity contribution in [2.24, 2.45) is 17.8 Å². The van der Waals surface area contributed by atoms with Crippen molar-refractivity contribution in [3.05, 3.63) is 95.1 Å². The van der Waals surface area contributed by atoms with E-state index in [1.807, 2.05) is 0 Å². The number of aryl methyl sites for hydroxylation is 1. The van der Waals surface area contributed by atoms with Gasteiger partial charge in [0.1, 0.15) is 0 Å². The molecule has 4 rings (SSSR count). The SMILES string of the molecule is C/C=C/CCc1ccc(C#Cc2ccc(C3CCC4CC(/C=C/C)CCC4C3)cc2)cc1. The summed E-state index contributed by atoms with van der Waals surface area (Å²) in [5.41, 5.74) is 5.11. The molecule has 32 heavy (non-hydrogen) atoms. The Morgan fingerprint density at radius 3 is 2.09 bits per heavy atom. The molecule has 0 amide bonds. The summed E-state index contributed by atoms with van der Waals surface area (Å²) in [4.78, 5) is 0. The van der Waals surface area contributed by atoms with Crippen LogP contribution in [0.25, 0.3) is 0 Å². The van der Waals surface area contributed by atoms with Gasteiger partial charge in [-0.3, -0.25) is 0 Å². The van der Waals surface area contributed by atoms with Gasteiger partial charge < -0.3 is 0 Å². The Balaban J connectivity index is 1.32. The first-order valence-corrected chi connectivity index (χ1v) is 12.7. The molecule has 2 fully saturated rings. The van der Waals surface area contributed by atoms with E-state index in [-0.39, 0.29) is 0 Å². The molecule has 4 unspecified atom stereocenters. The molecule has 2 aliphatic carbocycles. The zero-order valence-electron chi connectivity index (χ0n) is 19.9. The minimum Gasteiger partial charge on any atom is -0.0917 e. The van der Waals surface area contributed by atoms with Crippen LogP contribution >= 0.6 is 0 Å². The molecule has 2 saturated carbocycles. The van der Waals surface area contributed by atoms with Crippen molar-refractivity contribution < 1.29 is 0 Å². The zero-order valence-corrected chi connectivity index (χ0v) is 19.9. The van der Waals surface area contributed by atoms with E-state index in [0.717, 1.165) is 47.6 Å². The van der Waals surface area contributed by atoms with Gasteiger partial charge in [0.15, 0.2) is 0 Å². The lowest BCUT2D eigenvalue weighted by atomic mass is 9.64. The van der Waals surface area contributed by atoms with Crippen LogP contribution in [0.15, 0.2) is 72.8 Å². The van der Waals surface area contributed by atoms with E-state index < -0.39 is 0 Å². The van der Waals surface area contributed by atoms with Crippen molar-refractivity contribution in [3.8, 4) is 11.8 Å². The van der Waals surface area contributed by atoms with Crippen LogP contribution in [0.5, 0.6) is 0 Å². The van der Waals surface area contributed by atoms with Crippen LogP contribution < -0.4 is 0 Å². The molecule has 0 aliphatic heterocycles. The molecular formula is C32H38. The van der Waals surface area contributed by atoms with E-state index in [9.17, 15) is 0 Å². The van der Waals surface area contributed by atoms with Crippen molar-refractivity contribution in [1.82, 2.24) is 0 Å². The third-order valence-electron chi connectivity index (χ3n) is 7.64. The monoisotopic (exact) mass is 422 g/mol. The van der Waals surface area contributed by atoms with Gasteiger partial charge in [0.05, 0.1) is 0 Å². The van der Waals surface area contributed by atoms with Gasteiger partial charge >= 0.3 is 0 Å². The fourth-order valence-electron chi connectivity index (χ4n) is 5.83. The minimum atomic E-state index is 0.742.